The topological polar surface area (TPSA) is 112 Å². The van der Waals surface area contributed by atoms with Crippen LogP contribution in [0.1, 0.15) is 23.7 Å². The predicted octanol–water partition coefficient (Wildman–Crippen LogP) is 4.03. The first-order valence-corrected chi connectivity index (χ1v) is 13.8. The minimum atomic E-state index is -1.23. The number of aliphatic imine (C=N–C) groups is 1. The molecule has 192 valence electrons. The van der Waals surface area contributed by atoms with Crippen molar-refractivity contribution in [2.75, 3.05) is 30.7 Å². The molecule has 0 saturated carbocycles. The lowest BCUT2D eigenvalue weighted by Gasteiger charge is -2.36. The Bertz CT molecular complexity index is 1390. The minimum Gasteiger partial charge on any atom is -0.338 e. The predicted molar refractivity (Wildman–Crippen MR) is 145 cm³/mol. The van der Waals surface area contributed by atoms with E-state index in [0.717, 1.165) is 15.0 Å². The zero-order valence-electron chi connectivity index (χ0n) is 20.1. The summed E-state index contributed by atoms with van der Waals surface area (Å²) in [5, 5.41) is 12.8. The van der Waals surface area contributed by atoms with Gasteiger partial charge < -0.3 is 16.0 Å². The molecule has 37 heavy (non-hydrogen) atoms. The molecule has 2 unspecified atom stereocenters. The number of hydrogen-bond donors (Lipinski definition) is 4. The Morgan fingerprint density at radius 3 is 2.78 bits per heavy atom. The number of thiophene rings is 1. The maximum atomic E-state index is 14.2. The van der Waals surface area contributed by atoms with Gasteiger partial charge >= 0.3 is 6.03 Å². The van der Waals surface area contributed by atoms with Crippen molar-refractivity contribution in [3.8, 4) is 0 Å². The highest BCUT2D eigenvalue weighted by atomic mass is 32.2. The van der Waals surface area contributed by atoms with Crippen LogP contribution in [-0.4, -0.2) is 54.5 Å². The van der Waals surface area contributed by atoms with Gasteiger partial charge in [0.15, 0.2) is 11.3 Å². The number of amidine groups is 1. The standard InChI is InChI=1S/C26H26FN5O3S2/c1-2-29-25(35)31-23-21(17-5-3-4-6-19(17)37-23)22(33)18-13-28-12-11-26(18)24(34)30-20(32-26)14-36-16-9-7-15(27)8-10-16/h3-10,18,28H,2,11-14H2,1H3,(H2,29,31,35)(H,30,32,34). The fourth-order valence-corrected chi connectivity index (χ4v) is 6.63. The normalized spacial score (nSPS) is 21.1. The zero-order chi connectivity index (χ0) is 26.0. The summed E-state index contributed by atoms with van der Waals surface area (Å²) in [6, 6.07) is 13.2. The number of halogens is 1. The Kier molecular flexibility index (Phi) is 7.27. The van der Waals surface area contributed by atoms with Crippen LogP contribution in [0.5, 0.6) is 0 Å². The molecule has 3 amide bonds. The molecule has 2 atom stereocenters. The molecule has 0 radical (unpaired) electrons. The van der Waals surface area contributed by atoms with Crippen molar-refractivity contribution >= 4 is 61.7 Å². The quantitative estimate of drug-likeness (QED) is 0.268. The van der Waals surface area contributed by atoms with E-state index in [4.69, 9.17) is 4.99 Å². The van der Waals surface area contributed by atoms with Crippen LogP contribution in [0.15, 0.2) is 58.4 Å². The van der Waals surface area contributed by atoms with Crippen LogP contribution in [-0.2, 0) is 4.79 Å². The molecular weight excluding hydrogens is 513 g/mol. The second-order valence-electron chi connectivity index (χ2n) is 8.84. The average Bonchev–Trinajstić information content (AvgIpc) is 3.40. The van der Waals surface area contributed by atoms with Crippen molar-refractivity contribution in [3.63, 3.8) is 0 Å². The molecule has 8 nitrogen and oxygen atoms in total. The summed E-state index contributed by atoms with van der Waals surface area (Å²) in [7, 11) is 0. The summed E-state index contributed by atoms with van der Waals surface area (Å²) in [5.41, 5.74) is -0.829. The summed E-state index contributed by atoms with van der Waals surface area (Å²) in [5.74, 6) is -0.702. The highest BCUT2D eigenvalue weighted by Crippen LogP contribution is 2.41. The van der Waals surface area contributed by atoms with E-state index in [1.807, 2.05) is 31.2 Å². The van der Waals surface area contributed by atoms with Gasteiger partial charge in [-0.2, -0.15) is 0 Å². The van der Waals surface area contributed by atoms with E-state index in [0.29, 0.717) is 48.2 Å². The van der Waals surface area contributed by atoms with Gasteiger partial charge in [-0.15, -0.1) is 23.1 Å². The first-order valence-electron chi connectivity index (χ1n) is 12.0. The Morgan fingerprint density at radius 1 is 1.22 bits per heavy atom. The van der Waals surface area contributed by atoms with E-state index in [2.05, 4.69) is 21.3 Å². The van der Waals surface area contributed by atoms with Gasteiger partial charge in [-0.05, 0) is 50.2 Å². The van der Waals surface area contributed by atoms with Crippen LogP contribution in [0.3, 0.4) is 0 Å². The van der Waals surface area contributed by atoms with E-state index in [-0.39, 0.29) is 17.5 Å². The number of anilines is 1. The molecule has 1 fully saturated rings. The fourth-order valence-electron chi connectivity index (χ4n) is 4.75. The third-order valence-corrected chi connectivity index (χ3v) is 8.61. The molecule has 5 rings (SSSR count). The van der Waals surface area contributed by atoms with Gasteiger partial charge in [0.2, 0.25) is 0 Å². The molecule has 2 aliphatic rings. The molecule has 0 bridgehead atoms. The van der Waals surface area contributed by atoms with Gasteiger partial charge in [-0.3, -0.25) is 19.9 Å². The molecule has 1 aromatic heterocycles. The second kappa shape index (κ2) is 10.6. The molecular formula is C26H26FN5O3S2. The molecule has 2 aliphatic heterocycles. The lowest BCUT2D eigenvalue weighted by atomic mass is 9.74. The van der Waals surface area contributed by atoms with Crippen LogP contribution >= 0.6 is 23.1 Å². The Labute approximate surface area is 221 Å². The lowest BCUT2D eigenvalue weighted by Crippen LogP contribution is -2.57. The van der Waals surface area contributed by atoms with Crippen molar-refractivity contribution in [2.45, 2.75) is 23.8 Å². The number of ketones is 1. The summed E-state index contributed by atoms with van der Waals surface area (Å²) >= 11 is 2.76. The number of amides is 3. The SMILES string of the molecule is CCNC(=O)Nc1sc2ccccc2c1C(=O)C1CNCCC12N=C(CSc1ccc(F)cc1)NC2=O. The van der Waals surface area contributed by atoms with Gasteiger partial charge in [0.05, 0.1) is 17.2 Å². The molecule has 3 aromatic rings. The monoisotopic (exact) mass is 539 g/mol. The molecule has 1 saturated heterocycles. The maximum absolute atomic E-state index is 14.2. The summed E-state index contributed by atoms with van der Waals surface area (Å²) < 4.78 is 14.1. The summed E-state index contributed by atoms with van der Waals surface area (Å²) in [6.45, 7) is 3.10. The van der Waals surface area contributed by atoms with Gasteiger partial charge in [0, 0.05) is 28.1 Å². The van der Waals surface area contributed by atoms with Crippen molar-refractivity contribution in [2.24, 2.45) is 10.9 Å². The van der Waals surface area contributed by atoms with E-state index >= 15 is 0 Å². The first kappa shape index (κ1) is 25.4. The molecule has 1 spiro atoms. The van der Waals surface area contributed by atoms with E-state index < -0.39 is 17.5 Å². The third kappa shape index (κ3) is 4.98. The average molecular weight is 540 g/mol. The molecule has 0 aliphatic carbocycles. The number of rotatable bonds is 7. The number of hydrogen-bond acceptors (Lipinski definition) is 7. The molecule has 2 aromatic carbocycles. The largest absolute Gasteiger partial charge is 0.338 e. The highest BCUT2D eigenvalue weighted by molar-refractivity contribution is 8.00. The number of benzene rings is 2. The molecule has 11 heteroatoms. The number of nitrogens with one attached hydrogen (secondary N) is 4. The number of thioether (sulfide) groups is 1. The van der Waals surface area contributed by atoms with Crippen LogP contribution in [0.4, 0.5) is 14.2 Å². The fraction of sp³-hybridized carbons (Fsp3) is 0.308. The number of urea groups is 1. The third-order valence-electron chi connectivity index (χ3n) is 6.51. The smallest absolute Gasteiger partial charge is 0.319 e. The Hall–Kier alpha value is -3.28. The summed E-state index contributed by atoms with van der Waals surface area (Å²) in [4.78, 5) is 45.5. The van der Waals surface area contributed by atoms with Crippen molar-refractivity contribution in [1.29, 1.82) is 0 Å². The highest BCUT2D eigenvalue weighted by Gasteiger charge is 2.54. The van der Waals surface area contributed by atoms with Crippen LogP contribution in [0, 0.1) is 11.7 Å². The van der Waals surface area contributed by atoms with Crippen molar-refractivity contribution in [3.05, 3.63) is 59.9 Å². The zero-order valence-corrected chi connectivity index (χ0v) is 21.7. The molecule has 3 heterocycles. The van der Waals surface area contributed by atoms with Crippen LogP contribution < -0.4 is 21.3 Å². The number of carbonyl (C=O) groups excluding carboxylic acids is 3. The number of carbonyl (C=O) groups is 3. The van der Waals surface area contributed by atoms with E-state index in [1.54, 1.807) is 12.1 Å². The van der Waals surface area contributed by atoms with Crippen LogP contribution in [0.2, 0.25) is 0 Å². The van der Waals surface area contributed by atoms with Gasteiger partial charge in [0.1, 0.15) is 16.7 Å². The number of fused-ring (bicyclic) bond motifs is 1. The Balaban J connectivity index is 1.46. The lowest BCUT2D eigenvalue weighted by molar-refractivity contribution is -0.125. The number of nitrogens with zero attached hydrogens (tertiary/aromatic N) is 1. The number of piperidine rings is 1. The van der Waals surface area contributed by atoms with Crippen LogP contribution in [0.25, 0.3) is 10.1 Å². The van der Waals surface area contributed by atoms with Crippen molar-refractivity contribution < 1.29 is 18.8 Å². The Morgan fingerprint density at radius 2 is 2.00 bits per heavy atom. The number of Topliss-reactive ketones (excluding diaryl/α,β-unsaturated/α-hetero) is 1. The summed E-state index contributed by atoms with van der Waals surface area (Å²) in [6.07, 6.45) is 0.376. The maximum Gasteiger partial charge on any atom is 0.319 e. The van der Waals surface area contributed by atoms with E-state index in [9.17, 15) is 18.8 Å². The van der Waals surface area contributed by atoms with Gasteiger partial charge in [-0.1, -0.05) is 18.2 Å². The second-order valence-corrected chi connectivity index (χ2v) is 10.9. The van der Waals surface area contributed by atoms with E-state index in [1.165, 1.54) is 35.2 Å². The van der Waals surface area contributed by atoms with Gasteiger partial charge in [-0.25, -0.2) is 9.18 Å². The minimum absolute atomic E-state index is 0.234. The molecule has 4 N–H and O–H groups in total. The van der Waals surface area contributed by atoms with Crippen molar-refractivity contribution in [1.82, 2.24) is 16.0 Å². The van der Waals surface area contributed by atoms with Gasteiger partial charge in [0.25, 0.3) is 5.91 Å². The first-order chi connectivity index (χ1) is 17.9.